The van der Waals surface area contributed by atoms with E-state index in [0.29, 0.717) is 17.4 Å². The van der Waals surface area contributed by atoms with Crippen molar-refractivity contribution in [2.24, 2.45) is 7.05 Å². The Kier molecular flexibility index (Phi) is 5.21. The van der Waals surface area contributed by atoms with Crippen molar-refractivity contribution in [2.45, 2.75) is 6.04 Å². The Morgan fingerprint density at radius 3 is 2.80 bits per heavy atom. The highest BCUT2D eigenvalue weighted by Gasteiger charge is 2.21. The second-order valence-electron chi connectivity index (χ2n) is 5.50. The van der Waals surface area contributed by atoms with Crippen LogP contribution in [0.1, 0.15) is 22.3 Å². The van der Waals surface area contributed by atoms with Crippen LogP contribution in [0.25, 0.3) is 11.3 Å². The molecule has 0 aliphatic heterocycles. The molecule has 0 aliphatic carbocycles. The first-order chi connectivity index (χ1) is 12.1. The molecule has 2 aromatic heterocycles. The monoisotopic (exact) mass is 359 g/mol. The highest BCUT2D eigenvalue weighted by atomic mass is 35.5. The van der Waals surface area contributed by atoms with Gasteiger partial charge in [-0.3, -0.25) is 9.48 Å². The van der Waals surface area contributed by atoms with Crippen LogP contribution in [0.4, 0.5) is 0 Å². The van der Waals surface area contributed by atoms with E-state index < -0.39 is 0 Å². The Bertz CT molecular complexity index is 872. The van der Waals surface area contributed by atoms with E-state index in [1.165, 1.54) is 0 Å². The van der Waals surface area contributed by atoms with E-state index in [1.54, 1.807) is 36.2 Å². The van der Waals surface area contributed by atoms with Crippen LogP contribution in [0.3, 0.4) is 0 Å². The Morgan fingerprint density at radius 2 is 2.12 bits per heavy atom. The van der Waals surface area contributed by atoms with E-state index in [2.05, 4.69) is 10.4 Å². The molecule has 3 rings (SSSR count). The fourth-order valence-corrected chi connectivity index (χ4v) is 2.82. The first-order valence-electron chi connectivity index (χ1n) is 7.72. The van der Waals surface area contributed by atoms with Gasteiger partial charge < -0.3 is 14.5 Å². The predicted molar refractivity (Wildman–Crippen MR) is 94.4 cm³/mol. The molecule has 0 fully saturated rings. The number of ether oxygens (including phenoxy) is 1. The molecule has 1 amide bonds. The van der Waals surface area contributed by atoms with E-state index in [9.17, 15) is 4.79 Å². The van der Waals surface area contributed by atoms with Crippen LogP contribution in [0.15, 0.2) is 53.1 Å². The van der Waals surface area contributed by atoms with Gasteiger partial charge in [0.1, 0.15) is 5.76 Å². The highest BCUT2D eigenvalue weighted by molar-refractivity contribution is 6.33. The van der Waals surface area contributed by atoms with Gasteiger partial charge in [0, 0.05) is 25.9 Å². The van der Waals surface area contributed by atoms with E-state index >= 15 is 0 Å². The van der Waals surface area contributed by atoms with Gasteiger partial charge in [-0.25, -0.2) is 0 Å². The molecule has 6 nitrogen and oxygen atoms in total. The lowest BCUT2D eigenvalue weighted by Gasteiger charge is -2.17. The molecule has 0 aliphatic rings. The highest BCUT2D eigenvalue weighted by Crippen LogP contribution is 2.29. The number of methoxy groups -OCH3 is 1. The molecule has 25 heavy (non-hydrogen) atoms. The van der Waals surface area contributed by atoms with Crippen LogP contribution in [0, 0.1) is 0 Å². The zero-order chi connectivity index (χ0) is 17.8. The minimum Gasteiger partial charge on any atom is -0.451 e. The topological polar surface area (TPSA) is 69.3 Å². The quantitative estimate of drug-likeness (QED) is 0.731. The number of furan rings is 1. The molecule has 0 saturated carbocycles. The Morgan fingerprint density at radius 1 is 1.32 bits per heavy atom. The van der Waals surface area contributed by atoms with Crippen LogP contribution in [-0.4, -0.2) is 29.4 Å². The summed E-state index contributed by atoms with van der Waals surface area (Å²) >= 11 is 6.17. The lowest BCUT2D eigenvalue weighted by atomic mass is 10.2. The largest absolute Gasteiger partial charge is 0.451 e. The third-order valence-electron chi connectivity index (χ3n) is 3.82. The van der Waals surface area contributed by atoms with E-state index in [-0.39, 0.29) is 17.7 Å². The summed E-state index contributed by atoms with van der Waals surface area (Å²) in [4.78, 5) is 12.5. The Labute approximate surface area is 150 Å². The maximum atomic E-state index is 12.5. The molecule has 7 heteroatoms. The second kappa shape index (κ2) is 7.55. The number of aryl methyl sites for hydroxylation is 1. The minimum atomic E-state index is -0.334. The summed E-state index contributed by atoms with van der Waals surface area (Å²) in [5, 5.41) is 7.60. The third kappa shape index (κ3) is 3.75. The van der Waals surface area contributed by atoms with Crippen LogP contribution < -0.4 is 5.32 Å². The molecule has 1 atom stereocenters. The number of amides is 1. The Balaban J connectivity index is 1.79. The fraction of sp³-hybridized carbons (Fsp3) is 0.222. The number of carbonyl (C=O) groups excluding carboxylic acids is 1. The Hall–Kier alpha value is -2.57. The number of nitrogens with one attached hydrogen (secondary N) is 1. The number of carbonyl (C=O) groups is 1. The molecule has 1 aromatic carbocycles. The molecule has 0 saturated heterocycles. The van der Waals surface area contributed by atoms with Crippen molar-refractivity contribution in [3.8, 4) is 11.3 Å². The lowest BCUT2D eigenvalue weighted by Crippen LogP contribution is -2.32. The van der Waals surface area contributed by atoms with Crippen molar-refractivity contribution in [3.05, 3.63) is 65.1 Å². The van der Waals surface area contributed by atoms with Crippen molar-refractivity contribution < 1.29 is 13.9 Å². The molecule has 0 unspecified atom stereocenters. The average Bonchev–Trinajstić information content (AvgIpc) is 3.24. The van der Waals surface area contributed by atoms with Crippen molar-refractivity contribution in [1.29, 1.82) is 0 Å². The third-order valence-corrected chi connectivity index (χ3v) is 4.15. The van der Waals surface area contributed by atoms with Gasteiger partial charge in [0.25, 0.3) is 5.91 Å². The van der Waals surface area contributed by atoms with Crippen LogP contribution in [0.2, 0.25) is 5.02 Å². The molecule has 0 bridgehead atoms. The summed E-state index contributed by atoms with van der Waals surface area (Å²) in [6.07, 6.45) is 1.67. The van der Waals surface area contributed by atoms with Gasteiger partial charge in [-0.1, -0.05) is 23.7 Å². The summed E-state index contributed by atoms with van der Waals surface area (Å²) < 4.78 is 12.6. The average molecular weight is 360 g/mol. The summed E-state index contributed by atoms with van der Waals surface area (Å²) in [5.74, 6) is 0.416. The first kappa shape index (κ1) is 17.3. The zero-order valence-electron chi connectivity index (χ0n) is 13.9. The molecule has 1 N–H and O–H groups in total. The smallest absolute Gasteiger partial charge is 0.287 e. The number of rotatable bonds is 6. The fourth-order valence-electron chi connectivity index (χ4n) is 2.59. The van der Waals surface area contributed by atoms with Crippen LogP contribution in [0.5, 0.6) is 0 Å². The maximum Gasteiger partial charge on any atom is 0.287 e. The van der Waals surface area contributed by atoms with Crippen molar-refractivity contribution in [3.63, 3.8) is 0 Å². The van der Waals surface area contributed by atoms with Crippen LogP contribution in [-0.2, 0) is 11.8 Å². The second-order valence-corrected chi connectivity index (χ2v) is 5.91. The standard InChI is InChI=1S/C18H18ClN3O3/c1-22-15(9-10-20-22)14(11-24-2)21-18(23)17-8-7-16(25-17)12-5-3-4-6-13(12)19/h3-10,14H,11H2,1-2H3,(H,21,23)/t14-/m1/s1. The first-order valence-corrected chi connectivity index (χ1v) is 8.10. The maximum absolute atomic E-state index is 12.5. The zero-order valence-corrected chi connectivity index (χ0v) is 14.7. The number of benzene rings is 1. The van der Waals surface area contributed by atoms with Crippen molar-refractivity contribution in [1.82, 2.24) is 15.1 Å². The molecule has 130 valence electrons. The number of nitrogens with zero attached hydrogens (tertiary/aromatic N) is 2. The van der Waals surface area contributed by atoms with Gasteiger partial charge in [-0.15, -0.1) is 0 Å². The molecule has 3 aromatic rings. The van der Waals surface area contributed by atoms with E-state index in [4.69, 9.17) is 20.8 Å². The molecular formula is C18H18ClN3O3. The van der Waals surface area contributed by atoms with Crippen molar-refractivity contribution >= 4 is 17.5 Å². The van der Waals surface area contributed by atoms with E-state index in [1.807, 2.05) is 31.3 Å². The van der Waals surface area contributed by atoms with Gasteiger partial charge in [-0.05, 0) is 30.3 Å². The van der Waals surface area contributed by atoms with Gasteiger partial charge >= 0.3 is 0 Å². The summed E-state index contributed by atoms with van der Waals surface area (Å²) in [6.45, 7) is 0.323. The number of hydrogen-bond acceptors (Lipinski definition) is 4. The normalized spacial score (nSPS) is 12.1. The molecule has 0 spiro atoms. The van der Waals surface area contributed by atoms with Gasteiger partial charge in [0.2, 0.25) is 0 Å². The van der Waals surface area contributed by atoms with Crippen molar-refractivity contribution in [2.75, 3.05) is 13.7 Å². The summed E-state index contributed by atoms with van der Waals surface area (Å²) in [7, 11) is 3.39. The predicted octanol–water partition coefficient (Wildman–Crippen LogP) is 3.45. The molecule has 2 heterocycles. The molecular weight excluding hydrogens is 342 g/mol. The number of aromatic nitrogens is 2. The van der Waals surface area contributed by atoms with Gasteiger partial charge in [0.15, 0.2) is 5.76 Å². The lowest BCUT2D eigenvalue weighted by molar-refractivity contribution is 0.0865. The summed E-state index contributed by atoms with van der Waals surface area (Å²) in [5.41, 5.74) is 1.58. The van der Waals surface area contributed by atoms with Gasteiger partial charge in [0.05, 0.1) is 23.4 Å². The number of halogens is 1. The van der Waals surface area contributed by atoms with Crippen LogP contribution >= 0.6 is 11.6 Å². The summed E-state index contributed by atoms with van der Waals surface area (Å²) in [6, 6.07) is 12.2. The van der Waals surface area contributed by atoms with Gasteiger partial charge in [-0.2, -0.15) is 5.10 Å². The SMILES string of the molecule is COC[C@@H](NC(=O)c1ccc(-c2ccccc2Cl)o1)c1ccnn1C. The van der Waals surface area contributed by atoms with E-state index in [0.717, 1.165) is 11.3 Å². The molecule has 0 radical (unpaired) electrons. The minimum absolute atomic E-state index is 0.207. The number of hydrogen-bond donors (Lipinski definition) is 1.